The number of rotatable bonds is 5. The van der Waals surface area contributed by atoms with Gasteiger partial charge in [0.2, 0.25) is 0 Å². The summed E-state index contributed by atoms with van der Waals surface area (Å²) in [5.41, 5.74) is 5.03. The van der Waals surface area contributed by atoms with Gasteiger partial charge in [-0.15, -0.1) is 0 Å². The van der Waals surface area contributed by atoms with Crippen LogP contribution in [-0.2, 0) is 14.9 Å². The summed E-state index contributed by atoms with van der Waals surface area (Å²) in [5, 5.41) is 8.93. The van der Waals surface area contributed by atoms with Gasteiger partial charge in [-0.05, 0) is 25.1 Å². The number of anilines is 2. The van der Waals surface area contributed by atoms with Crippen LogP contribution < -0.4 is 15.2 Å². The molecular formula is C10H13N3O6S. The van der Waals surface area contributed by atoms with E-state index in [1.807, 2.05) is 4.72 Å². The number of benzene rings is 1. The molecule has 110 valence electrons. The molecular weight excluding hydrogens is 290 g/mol. The van der Waals surface area contributed by atoms with Crippen molar-refractivity contribution in [2.75, 3.05) is 17.1 Å². The zero-order valence-corrected chi connectivity index (χ0v) is 11.2. The summed E-state index contributed by atoms with van der Waals surface area (Å²) in [6.45, 7) is 1.49. The molecule has 5 N–H and O–H groups in total. The van der Waals surface area contributed by atoms with Crippen molar-refractivity contribution in [2.45, 2.75) is 6.92 Å². The molecule has 10 heteroatoms. The van der Waals surface area contributed by atoms with Gasteiger partial charge in [0.05, 0.1) is 17.9 Å². The average molecular weight is 303 g/mol. The normalized spacial score (nSPS) is 10.7. The summed E-state index contributed by atoms with van der Waals surface area (Å²) >= 11 is 0. The minimum absolute atomic E-state index is 0.0139. The van der Waals surface area contributed by atoms with Gasteiger partial charge in [0.15, 0.2) is 0 Å². The molecule has 0 bridgehead atoms. The number of carboxylic acids is 1. The van der Waals surface area contributed by atoms with Crippen LogP contribution in [0.5, 0.6) is 0 Å². The van der Waals surface area contributed by atoms with Gasteiger partial charge in [-0.25, -0.2) is 14.3 Å². The second kappa shape index (κ2) is 6.10. The first-order valence-corrected chi connectivity index (χ1v) is 6.83. The Hall–Kier alpha value is -2.49. The third kappa shape index (κ3) is 4.31. The van der Waals surface area contributed by atoms with Gasteiger partial charge in [0.25, 0.3) is 0 Å². The molecule has 1 amide bonds. The molecule has 9 nitrogen and oxygen atoms in total. The molecule has 1 aromatic rings. The Morgan fingerprint density at radius 2 is 2.05 bits per heavy atom. The number of ether oxygens (including phenoxy) is 1. The lowest BCUT2D eigenvalue weighted by Gasteiger charge is -2.11. The van der Waals surface area contributed by atoms with Crippen molar-refractivity contribution in [2.24, 2.45) is 0 Å². The van der Waals surface area contributed by atoms with Crippen LogP contribution in [0.25, 0.3) is 0 Å². The average Bonchev–Trinajstić information content (AvgIpc) is 2.26. The van der Waals surface area contributed by atoms with Gasteiger partial charge >= 0.3 is 22.3 Å². The smallest absolute Gasteiger partial charge is 0.422 e. The number of carboxylic acid groups (broad SMARTS) is 1. The van der Waals surface area contributed by atoms with Gasteiger partial charge in [0.1, 0.15) is 0 Å². The SMILES string of the molecule is CCOC(=O)NS(=O)(=O)Nc1cc(N)ccc1C(=O)O. The maximum Gasteiger partial charge on any atom is 0.422 e. The van der Waals surface area contributed by atoms with Crippen molar-refractivity contribution in [1.82, 2.24) is 4.72 Å². The summed E-state index contributed by atoms with van der Waals surface area (Å²) in [6, 6.07) is 3.56. The monoisotopic (exact) mass is 303 g/mol. The van der Waals surface area contributed by atoms with Crippen molar-refractivity contribution in [3.8, 4) is 0 Å². The molecule has 0 heterocycles. The van der Waals surface area contributed by atoms with Gasteiger partial charge in [-0.2, -0.15) is 8.42 Å². The van der Waals surface area contributed by atoms with E-state index in [9.17, 15) is 18.0 Å². The molecule has 0 spiro atoms. The van der Waals surface area contributed by atoms with E-state index < -0.39 is 22.3 Å². The van der Waals surface area contributed by atoms with Crippen molar-refractivity contribution in [3.63, 3.8) is 0 Å². The van der Waals surface area contributed by atoms with Crippen LogP contribution in [-0.4, -0.2) is 32.2 Å². The van der Waals surface area contributed by atoms with Crippen molar-refractivity contribution >= 4 is 33.6 Å². The fraction of sp³-hybridized carbons (Fsp3) is 0.200. The molecule has 1 rings (SSSR count). The van der Waals surface area contributed by atoms with Crippen LogP contribution in [0, 0.1) is 0 Å². The van der Waals surface area contributed by atoms with E-state index >= 15 is 0 Å². The molecule has 0 aromatic heterocycles. The minimum Gasteiger partial charge on any atom is -0.478 e. The third-order valence-corrected chi connectivity index (χ3v) is 2.94. The molecule has 1 aromatic carbocycles. The van der Waals surface area contributed by atoms with E-state index in [1.54, 1.807) is 4.72 Å². The standard InChI is InChI=1S/C10H13N3O6S/c1-2-19-10(16)13-20(17,18)12-8-5-6(11)3-4-7(8)9(14)15/h3-5,12H,2,11H2,1H3,(H,13,16)(H,14,15). The molecule has 0 atom stereocenters. The second-order valence-electron chi connectivity index (χ2n) is 3.54. The number of aromatic carboxylic acids is 1. The van der Waals surface area contributed by atoms with Crippen LogP contribution in [0.2, 0.25) is 0 Å². The van der Waals surface area contributed by atoms with Crippen LogP contribution in [0.4, 0.5) is 16.2 Å². The summed E-state index contributed by atoms with van der Waals surface area (Å²) in [4.78, 5) is 22.0. The number of amides is 1. The fourth-order valence-corrected chi connectivity index (χ4v) is 2.06. The van der Waals surface area contributed by atoms with Crippen molar-refractivity contribution in [3.05, 3.63) is 23.8 Å². The highest BCUT2D eigenvalue weighted by atomic mass is 32.2. The number of hydrogen-bond acceptors (Lipinski definition) is 6. The predicted molar refractivity (Wildman–Crippen MR) is 70.5 cm³/mol. The molecule has 0 unspecified atom stereocenters. The Morgan fingerprint density at radius 1 is 1.40 bits per heavy atom. The third-order valence-electron chi connectivity index (χ3n) is 2.01. The van der Waals surface area contributed by atoms with E-state index in [2.05, 4.69) is 4.74 Å². The molecule has 0 radical (unpaired) electrons. The highest BCUT2D eigenvalue weighted by Crippen LogP contribution is 2.20. The maximum atomic E-state index is 11.6. The van der Waals surface area contributed by atoms with E-state index in [0.29, 0.717) is 0 Å². The van der Waals surface area contributed by atoms with Gasteiger partial charge in [-0.3, -0.25) is 4.72 Å². The fourth-order valence-electron chi connectivity index (χ4n) is 1.27. The van der Waals surface area contributed by atoms with Crippen molar-refractivity contribution < 1.29 is 27.9 Å². The lowest BCUT2D eigenvalue weighted by atomic mass is 10.1. The van der Waals surface area contributed by atoms with E-state index in [1.165, 1.54) is 13.0 Å². The lowest BCUT2D eigenvalue weighted by molar-refractivity contribution is 0.0698. The summed E-state index contributed by atoms with van der Waals surface area (Å²) in [5.74, 6) is -1.35. The highest BCUT2D eigenvalue weighted by molar-refractivity contribution is 7.91. The van der Waals surface area contributed by atoms with Gasteiger partial charge in [-0.1, -0.05) is 0 Å². The Bertz CT molecular complexity index is 628. The summed E-state index contributed by atoms with van der Waals surface area (Å²) in [7, 11) is -4.32. The number of carbonyl (C=O) groups excluding carboxylic acids is 1. The number of nitrogens with two attached hydrogens (primary N) is 1. The topological polar surface area (TPSA) is 148 Å². The minimum atomic E-state index is -4.32. The summed E-state index contributed by atoms with van der Waals surface area (Å²) in [6.07, 6.45) is -1.18. The first-order chi connectivity index (χ1) is 9.25. The number of carbonyl (C=O) groups is 2. The maximum absolute atomic E-state index is 11.6. The van der Waals surface area contributed by atoms with Gasteiger partial charge in [0, 0.05) is 5.69 Å². The van der Waals surface area contributed by atoms with E-state index in [0.717, 1.165) is 12.1 Å². The van der Waals surface area contributed by atoms with Crippen LogP contribution >= 0.6 is 0 Å². The number of hydrogen-bond donors (Lipinski definition) is 4. The number of nitrogens with one attached hydrogen (secondary N) is 2. The lowest BCUT2D eigenvalue weighted by Crippen LogP contribution is -2.36. The first kappa shape index (κ1) is 15.6. The molecule has 0 saturated carbocycles. The molecule has 0 fully saturated rings. The Kier molecular flexibility index (Phi) is 4.75. The van der Waals surface area contributed by atoms with Crippen LogP contribution in [0.15, 0.2) is 18.2 Å². The second-order valence-corrected chi connectivity index (χ2v) is 4.95. The van der Waals surface area contributed by atoms with Crippen molar-refractivity contribution in [1.29, 1.82) is 0 Å². The predicted octanol–water partition coefficient (Wildman–Crippen LogP) is 0.370. The van der Waals surface area contributed by atoms with Gasteiger partial charge < -0.3 is 15.6 Å². The first-order valence-electron chi connectivity index (χ1n) is 5.35. The largest absolute Gasteiger partial charge is 0.478 e. The molecule has 0 saturated heterocycles. The van der Waals surface area contributed by atoms with E-state index in [-0.39, 0.29) is 23.5 Å². The van der Waals surface area contributed by atoms with Crippen LogP contribution in [0.3, 0.4) is 0 Å². The zero-order valence-electron chi connectivity index (χ0n) is 10.4. The van der Waals surface area contributed by atoms with E-state index in [4.69, 9.17) is 10.8 Å². The quantitative estimate of drug-likeness (QED) is 0.574. The number of nitrogen functional groups attached to an aromatic ring is 1. The Morgan fingerprint density at radius 3 is 2.60 bits per heavy atom. The molecule has 0 aliphatic heterocycles. The molecule has 20 heavy (non-hydrogen) atoms. The molecule has 0 aliphatic carbocycles. The Balaban J connectivity index is 3.00. The Labute approximate surface area is 114 Å². The highest BCUT2D eigenvalue weighted by Gasteiger charge is 2.19. The zero-order chi connectivity index (χ0) is 15.3. The van der Waals surface area contributed by atoms with Crippen LogP contribution in [0.1, 0.15) is 17.3 Å². The molecule has 0 aliphatic rings. The summed E-state index contributed by atoms with van der Waals surface area (Å²) < 4.78 is 31.1.